The van der Waals surface area contributed by atoms with Gasteiger partial charge in [0, 0.05) is 21.4 Å². The van der Waals surface area contributed by atoms with Gasteiger partial charge in [-0.1, -0.05) is 0 Å². The molecule has 3 nitrogen and oxygen atoms in total. The minimum atomic E-state index is 0. The van der Waals surface area contributed by atoms with Crippen LogP contribution in [0.3, 0.4) is 0 Å². The molecule has 0 unspecified atom stereocenters. The maximum Gasteiger partial charge on any atom is 0.113 e. The summed E-state index contributed by atoms with van der Waals surface area (Å²) in [5.41, 5.74) is 5.27. The summed E-state index contributed by atoms with van der Waals surface area (Å²) in [6.45, 7) is 5.53. The zero-order valence-electron chi connectivity index (χ0n) is 12.6. The summed E-state index contributed by atoms with van der Waals surface area (Å²) in [4.78, 5) is 5.09. The molecule has 1 saturated heterocycles. The third kappa shape index (κ3) is 2.45. The summed E-state index contributed by atoms with van der Waals surface area (Å²) < 4.78 is 4.91. The highest BCUT2D eigenvalue weighted by molar-refractivity contribution is 9.13. The maximum absolute atomic E-state index is 5.09. The third-order valence-corrected chi connectivity index (χ3v) is 7.34. The fourth-order valence-electron chi connectivity index (χ4n) is 3.80. The topological polar surface area (TPSA) is 29.9 Å². The summed E-state index contributed by atoms with van der Waals surface area (Å²) in [5, 5.41) is 3.46. The molecule has 4 rings (SSSR count). The lowest BCUT2D eigenvalue weighted by atomic mass is 9.96. The molecule has 2 aromatic rings. The minimum Gasteiger partial charge on any atom is -0.327 e. The molecule has 1 fully saturated rings. The molecular formula is C16H20Br2ClN3. The Morgan fingerprint density at radius 2 is 1.91 bits per heavy atom. The minimum absolute atomic E-state index is 0. The Labute approximate surface area is 153 Å². The molecule has 0 bridgehead atoms. The summed E-state index contributed by atoms with van der Waals surface area (Å²) in [6.07, 6.45) is 4.78. The van der Waals surface area contributed by atoms with Gasteiger partial charge in [0.1, 0.15) is 5.82 Å². The van der Waals surface area contributed by atoms with Gasteiger partial charge >= 0.3 is 0 Å². The molecule has 1 N–H and O–H groups in total. The van der Waals surface area contributed by atoms with Crippen molar-refractivity contribution in [3.05, 3.63) is 25.9 Å². The Kier molecular flexibility index (Phi) is 4.89. The number of benzene rings is 1. The molecule has 2 aliphatic heterocycles. The lowest BCUT2D eigenvalue weighted by molar-refractivity contribution is 0.428. The van der Waals surface area contributed by atoms with Crippen molar-refractivity contribution >= 4 is 55.3 Å². The highest BCUT2D eigenvalue weighted by atomic mass is 79.9. The molecule has 3 heterocycles. The molecular weight excluding hydrogens is 429 g/mol. The van der Waals surface area contributed by atoms with Crippen molar-refractivity contribution in [2.24, 2.45) is 0 Å². The van der Waals surface area contributed by atoms with Crippen molar-refractivity contribution in [1.82, 2.24) is 14.9 Å². The SMILES string of the molecule is Cc1c(Br)c(Br)c2c3c1nc(C1CCNCC1)n3CCC2.Cl. The van der Waals surface area contributed by atoms with E-state index in [4.69, 9.17) is 4.98 Å². The van der Waals surface area contributed by atoms with Crippen LogP contribution in [0.5, 0.6) is 0 Å². The second-order valence-electron chi connectivity index (χ2n) is 6.18. The van der Waals surface area contributed by atoms with Gasteiger partial charge in [-0.15, -0.1) is 12.4 Å². The van der Waals surface area contributed by atoms with Crippen molar-refractivity contribution in [2.45, 2.75) is 45.1 Å². The molecule has 2 aliphatic rings. The molecule has 0 amide bonds. The van der Waals surface area contributed by atoms with E-state index in [1.807, 2.05) is 0 Å². The number of hydrogen-bond acceptors (Lipinski definition) is 2. The van der Waals surface area contributed by atoms with Crippen LogP contribution in [0.1, 0.15) is 42.1 Å². The standard InChI is InChI=1S/C16H19Br2N3.ClH/c1-9-12(17)13(18)11-3-2-8-21-15(11)14(9)20-16(21)10-4-6-19-7-5-10;/h10,19H,2-8H2,1H3;1H. The summed E-state index contributed by atoms with van der Waals surface area (Å²) in [5.74, 6) is 1.93. The first-order valence-electron chi connectivity index (χ1n) is 7.75. The van der Waals surface area contributed by atoms with Crippen molar-refractivity contribution in [3.63, 3.8) is 0 Å². The van der Waals surface area contributed by atoms with Crippen LogP contribution in [0.15, 0.2) is 8.95 Å². The first kappa shape index (κ1) is 16.7. The summed E-state index contributed by atoms with van der Waals surface area (Å²) >= 11 is 7.53. The number of aryl methyl sites for hydroxylation is 3. The van der Waals surface area contributed by atoms with E-state index < -0.39 is 0 Å². The smallest absolute Gasteiger partial charge is 0.113 e. The predicted octanol–water partition coefficient (Wildman–Crippen LogP) is 4.70. The third-order valence-electron chi connectivity index (χ3n) is 4.94. The molecule has 0 aliphatic carbocycles. The van der Waals surface area contributed by atoms with Crippen molar-refractivity contribution in [2.75, 3.05) is 13.1 Å². The predicted molar refractivity (Wildman–Crippen MR) is 100 cm³/mol. The number of nitrogens with zero attached hydrogens (tertiary/aromatic N) is 2. The first-order chi connectivity index (χ1) is 10.2. The Bertz CT molecular complexity index is 720. The lowest BCUT2D eigenvalue weighted by Gasteiger charge is -2.25. The van der Waals surface area contributed by atoms with Crippen molar-refractivity contribution in [1.29, 1.82) is 0 Å². The van der Waals surface area contributed by atoms with Gasteiger partial charge in [0.15, 0.2) is 0 Å². The van der Waals surface area contributed by atoms with E-state index >= 15 is 0 Å². The van der Waals surface area contributed by atoms with Crippen LogP contribution >= 0.6 is 44.3 Å². The molecule has 120 valence electrons. The molecule has 1 aromatic carbocycles. The number of halogens is 3. The van der Waals surface area contributed by atoms with E-state index in [1.165, 1.54) is 56.2 Å². The molecule has 22 heavy (non-hydrogen) atoms. The van der Waals surface area contributed by atoms with Gasteiger partial charge in [0.25, 0.3) is 0 Å². The van der Waals surface area contributed by atoms with Crippen LogP contribution in [0.2, 0.25) is 0 Å². The Morgan fingerprint density at radius 3 is 2.64 bits per heavy atom. The first-order valence-corrected chi connectivity index (χ1v) is 9.34. The van der Waals surface area contributed by atoms with Crippen LogP contribution in [-0.2, 0) is 13.0 Å². The Morgan fingerprint density at radius 1 is 1.18 bits per heavy atom. The van der Waals surface area contributed by atoms with Gasteiger partial charge in [0.05, 0.1) is 11.0 Å². The van der Waals surface area contributed by atoms with Gasteiger partial charge in [-0.2, -0.15) is 0 Å². The fourth-order valence-corrected chi connectivity index (χ4v) is 4.91. The number of nitrogens with one attached hydrogen (secondary N) is 1. The van der Waals surface area contributed by atoms with E-state index in [2.05, 4.69) is 48.7 Å². The number of piperidine rings is 1. The van der Waals surface area contributed by atoms with E-state index in [0.29, 0.717) is 5.92 Å². The van der Waals surface area contributed by atoms with Crippen molar-refractivity contribution < 1.29 is 0 Å². The summed E-state index contributed by atoms with van der Waals surface area (Å²) in [6, 6.07) is 0. The van der Waals surface area contributed by atoms with E-state index in [-0.39, 0.29) is 12.4 Å². The average molecular weight is 450 g/mol. The van der Waals surface area contributed by atoms with Crippen LogP contribution in [0.4, 0.5) is 0 Å². The molecule has 1 aromatic heterocycles. The van der Waals surface area contributed by atoms with Crippen LogP contribution in [-0.4, -0.2) is 22.6 Å². The van der Waals surface area contributed by atoms with Crippen LogP contribution in [0, 0.1) is 6.92 Å². The number of imidazole rings is 1. The maximum atomic E-state index is 5.09. The van der Waals surface area contributed by atoms with Gasteiger partial charge in [-0.05, 0) is 88.7 Å². The quantitative estimate of drug-likeness (QED) is 0.684. The monoisotopic (exact) mass is 447 g/mol. The highest BCUT2D eigenvalue weighted by Gasteiger charge is 2.28. The molecule has 0 saturated carbocycles. The average Bonchev–Trinajstić information content (AvgIpc) is 2.92. The number of hydrogen-bond donors (Lipinski definition) is 1. The van der Waals surface area contributed by atoms with Crippen LogP contribution in [0.25, 0.3) is 11.0 Å². The second-order valence-corrected chi connectivity index (χ2v) is 7.76. The zero-order chi connectivity index (χ0) is 14.6. The van der Waals surface area contributed by atoms with E-state index in [1.54, 1.807) is 0 Å². The Hall–Kier alpha value is -0.100. The summed E-state index contributed by atoms with van der Waals surface area (Å²) in [7, 11) is 0. The molecule has 0 atom stereocenters. The highest BCUT2D eigenvalue weighted by Crippen LogP contribution is 2.41. The normalized spacial score (nSPS) is 18.5. The molecule has 0 radical (unpaired) electrons. The van der Waals surface area contributed by atoms with Gasteiger partial charge < -0.3 is 9.88 Å². The number of rotatable bonds is 1. The van der Waals surface area contributed by atoms with Crippen LogP contribution < -0.4 is 5.32 Å². The fraction of sp³-hybridized carbons (Fsp3) is 0.562. The molecule has 0 spiro atoms. The van der Waals surface area contributed by atoms with Gasteiger partial charge in [-0.3, -0.25) is 0 Å². The van der Waals surface area contributed by atoms with Gasteiger partial charge in [-0.25, -0.2) is 4.98 Å². The lowest BCUT2D eigenvalue weighted by Crippen LogP contribution is -2.28. The van der Waals surface area contributed by atoms with E-state index in [0.717, 1.165) is 26.1 Å². The van der Waals surface area contributed by atoms with E-state index in [9.17, 15) is 0 Å². The molecule has 6 heteroatoms. The second kappa shape index (κ2) is 6.42. The zero-order valence-corrected chi connectivity index (χ0v) is 16.6. The van der Waals surface area contributed by atoms with Gasteiger partial charge in [0.2, 0.25) is 0 Å². The largest absolute Gasteiger partial charge is 0.327 e. The van der Waals surface area contributed by atoms with Crippen molar-refractivity contribution in [3.8, 4) is 0 Å². The number of aromatic nitrogens is 2. The Balaban J connectivity index is 0.00000144.